The molecule has 0 aromatic carbocycles. The lowest BCUT2D eigenvalue weighted by molar-refractivity contribution is -0.161. The van der Waals surface area contributed by atoms with Crippen LogP contribution in [0, 0.1) is 0 Å². The van der Waals surface area contributed by atoms with Gasteiger partial charge in [0.25, 0.3) is 0 Å². The van der Waals surface area contributed by atoms with Gasteiger partial charge in [-0.25, -0.2) is 4.57 Å². The highest BCUT2D eigenvalue weighted by Crippen LogP contribution is 2.43. The maximum Gasteiger partial charge on any atom is 0.472 e. The summed E-state index contributed by atoms with van der Waals surface area (Å²) < 4.78 is 33.4. The number of allylic oxidation sites excluding steroid dienone is 14. The van der Waals surface area contributed by atoms with Gasteiger partial charge < -0.3 is 19.3 Å². The lowest BCUT2D eigenvalue weighted by Gasteiger charge is -2.20. The maximum absolute atomic E-state index is 12.6. The number of rotatable bonds is 39. The first-order chi connectivity index (χ1) is 27.7. The van der Waals surface area contributed by atoms with E-state index in [1.165, 1.54) is 38.5 Å². The van der Waals surface area contributed by atoms with Crippen LogP contribution in [-0.2, 0) is 32.7 Å². The normalized spacial score (nSPS) is 14.2. The number of hydrogen-bond acceptors (Lipinski definition) is 8. The first-order valence-electron chi connectivity index (χ1n) is 21.9. The van der Waals surface area contributed by atoms with E-state index in [4.69, 9.17) is 18.5 Å². The summed E-state index contributed by atoms with van der Waals surface area (Å²) in [4.78, 5) is 37.0. The Morgan fingerprint density at radius 1 is 0.561 bits per heavy atom. The summed E-state index contributed by atoms with van der Waals surface area (Å²) in [6, 6.07) is 0. The Labute approximate surface area is 348 Å². The lowest BCUT2D eigenvalue weighted by atomic mass is 10.1. The quantitative estimate of drug-likeness (QED) is 0.0280. The van der Waals surface area contributed by atoms with Crippen LogP contribution >= 0.6 is 7.82 Å². The number of likely N-dealkylation sites (N-methyl/N-ethyl adjacent to an activating group) is 1. The predicted octanol–water partition coefficient (Wildman–Crippen LogP) is 12.7. The SMILES string of the molecule is CC/C=C\C/C=C\C/C=C\C/C=C\CCCCCCC(=O)OC(COC(=O)CCC/C=C\C/C=C\C/C=C\CCCCCCCC)COP(=O)(O)OCCN(C)C. The van der Waals surface area contributed by atoms with Gasteiger partial charge in [-0.05, 0) is 97.6 Å². The fourth-order valence-electron chi connectivity index (χ4n) is 5.34. The van der Waals surface area contributed by atoms with Crippen LogP contribution < -0.4 is 0 Å². The summed E-state index contributed by atoms with van der Waals surface area (Å²) in [6.07, 6.45) is 50.7. The van der Waals surface area contributed by atoms with Crippen LogP contribution in [0.1, 0.15) is 155 Å². The van der Waals surface area contributed by atoms with E-state index in [1.54, 1.807) is 4.90 Å². The Balaban J connectivity index is 4.44. The minimum atomic E-state index is -4.39. The fraction of sp³-hybridized carbons (Fsp3) is 0.660. The third kappa shape index (κ3) is 42.6. The van der Waals surface area contributed by atoms with Gasteiger partial charge in [0, 0.05) is 19.4 Å². The Morgan fingerprint density at radius 3 is 1.54 bits per heavy atom. The van der Waals surface area contributed by atoms with E-state index in [0.29, 0.717) is 19.4 Å². The van der Waals surface area contributed by atoms with E-state index >= 15 is 0 Å². The van der Waals surface area contributed by atoms with Gasteiger partial charge in [0.2, 0.25) is 0 Å². The van der Waals surface area contributed by atoms with E-state index in [-0.39, 0.29) is 26.1 Å². The lowest BCUT2D eigenvalue weighted by Crippen LogP contribution is -2.29. The molecule has 0 saturated heterocycles. The van der Waals surface area contributed by atoms with E-state index < -0.39 is 32.5 Å². The van der Waals surface area contributed by atoms with Crippen LogP contribution in [0.5, 0.6) is 0 Å². The molecule has 1 N–H and O–H groups in total. The topological polar surface area (TPSA) is 112 Å². The summed E-state index contributed by atoms with van der Waals surface area (Å²) >= 11 is 0. The number of carbonyl (C=O) groups is 2. The molecule has 9 nitrogen and oxygen atoms in total. The third-order valence-corrected chi connectivity index (χ3v) is 9.67. The molecule has 326 valence electrons. The predicted molar refractivity (Wildman–Crippen MR) is 238 cm³/mol. The molecule has 0 saturated carbocycles. The molecule has 0 heterocycles. The van der Waals surface area contributed by atoms with Gasteiger partial charge in [-0.15, -0.1) is 0 Å². The number of phosphoric ester groups is 1. The van der Waals surface area contributed by atoms with Crippen molar-refractivity contribution in [1.82, 2.24) is 4.90 Å². The van der Waals surface area contributed by atoms with Gasteiger partial charge in [0.05, 0.1) is 13.2 Å². The molecule has 2 atom stereocenters. The third-order valence-electron chi connectivity index (χ3n) is 8.69. The van der Waals surface area contributed by atoms with Gasteiger partial charge in [-0.3, -0.25) is 18.6 Å². The maximum atomic E-state index is 12.6. The van der Waals surface area contributed by atoms with Crippen molar-refractivity contribution >= 4 is 19.8 Å². The van der Waals surface area contributed by atoms with Crippen molar-refractivity contribution in [3.05, 3.63) is 85.1 Å². The van der Waals surface area contributed by atoms with Crippen LogP contribution in [0.15, 0.2) is 85.1 Å². The number of carbonyl (C=O) groups excluding carboxylic acids is 2. The van der Waals surface area contributed by atoms with Crippen LogP contribution in [0.3, 0.4) is 0 Å². The van der Waals surface area contributed by atoms with E-state index in [9.17, 15) is 19.0 Å². The first kappa shape index (κ1) is 54.2. The molecule has 0 aliphatic heterocycles. The number of unbranched alkanes of at least 4 members (excludes halogenated alkanes) is 11. The second kappa shape index (κ2) is 41.4. The highest BCUT2D eigenvalue weighted by molar-refractivity contribution is 7.47. The van der Waals surface area contributed by atoms with Crippen molar-refractivity contribution in [3.8, 4) is 0 Å². The van der Waals surface area contributed by atoms with Gasteiger partial charge in [-0.2, -0.15) is 0 Å². The average Bonchev–Trinajstić information content (AvgIpc) is 3.18. The zero-order valence-electron chi connectivity index (χ0n) is 36.2. The van der Waals surface area contributed by atoms with Crippen molar-refractivity contribution in [1.29, 1.82) is 0 Å². The zero-order chi connectivity index (χ0) is 41.9. The Hall–Kier alpha value is -2.81. The van der Waals surface area contributed by atoms with Crippen LogP contribution in [0.2, 0.25) is 0 Å². The standard InChI is InChI=1S/C47H80NO8P/c1-5-7-9-11-13-15-17-19-21-23-25-27-29-31-33-35-37-39-46(49)53-43-45(44-55-57(51,52)54-42-41-48(3)4)56-47(50)40-38-36-34-32-30-28-26-24-22-20-18-16-14-12-10-8-6-2/h8,10,14,16,19-22,25-28,31,33,45H,5-7,9,11-13,15,17-18,23-24,29-30,32,34-44H2,1-4H3,(H,51,52)/b10-8-,16-14-,21-19-,22-20-,27-25-,28-26-,33-31-. The molecule has 0 amide bonds. The Kier molecular flexibility index (Phi) is 39.3. The molecule has 0 aromatic heterocycles. The summed E-state index contributed by atoms with van der Waals surface area (Å²) in [5, 5.41) is 0. The summed E-state index contributed by atoms with van der Waals surface area (Å²) in [7, 11) is -0.758. The van der Waals surface area contributed by atoms with E-state index in [2.05, 4.69) is 98.9 Å². The van der Waals surface area contributed by atoms with Gasteiger partial charge >= 0.3 is 19.8 Å². The largest absolute Gasteiger partial charge is 0.472 e. The molecule has 2 unspecified atom stereocenters. The average molecular weight is 818 g/mol. The van der Waals surface area contributed by atoms with Gasteiger partial charge in [0.15, 0.2) is 6.10 Å². The molecule has 0 fully saturated rings. The van der Waals surface area contributed by atoms with E-state index in [1.807, 2.05) is 14.1 Å². The van der Waals surface area contributed by atoms with Crippen molar-refractivity contribution < 1.29 is 37.6 Å². The van der Waals surface area contributed by atoms with Crippen LogP contribution in [0.4, 0.5) is 0 Å². The monoisotopic (exact) mass is 818 g/mol. The number of ether oxygens (including phenoxy) is 2. The molecule has 0 aliphatic carbocycles. The molecule has 0 aliphatic rings. The molecule has 0 bridgehead atoms. The molecule has 0 rings (SSSR count). The van der Waals surface area contributed by atoms with Crippen LogP contribution in [-0.4, -0.2) is 68.3 Å². The van der Waals surface area contributed by atoms with E-state index in [0.717, 1.165) is 77.0 Å². The smallest absolute Gasteiger partial charge is 0.462 e. The molecular formula is C47H80NO8P. The highest BCUT2D eigenvalue weighted by Gasteiger charge is 2.26. The van der Waals surface area contributed by atoms with Crippen molar-refractivity contribution in [2.75, 3.05) is 40.5 Å². The first-order valence-corrected chi connectivity index (χ1v) is 23.4. The van der Waals surface area contributed by atoms with Gasteiger partial charge in [0.1, 0.15) is 6.61 Å². The van der Waals surface area contributed by atoms with Crippen molar-refractivity contribution in [3.63, 3.8) is 0 Å². The van der Waals surface area contributed by atoms with Crippen LogP contribution in [0.25, 0.3) is 0 Å². The number of nitrogens with zero attached hydrogens (tertiary/aromatic N) is 1. The van der Waals surface area contributed by atoms with Crippen molar-refractivity contribution in [2.24, 2.45) is 0 Å². The molecule has 0 spiro atoms. The second-order valence-electron chi connectivity index (χ2n) is 14.5. The molecule has 0 radical (unpaired) electrons. The number of esters is 2. The number of phosphoric acid groups is 1. The fourth-order valence-corrected chi connectivity index (χ4v) is 6.08. The molecule has 10 heteroatoms. The summed E-state index contributed by atoms with van der Waals surface area (Å²) in [5.74, 6) is -0.900. The Morgan fingerprint density at radius 2 is 1.02 bits per heavy atom. The highest BCUT2D eigenvalue weighted by atomic mass is 31.2. The zero-order valence-corrected chi connectivity index (χ0v) is 37.1. The summed E-state index contributed by atoms with van der Waals surface area (Å²) in [6.45, 7) is 4.09. The minimum Gasteiger partial charge on any atom is -0.462 e. The molecular weight excluding hydrogens is 737 g/mol. The number of hydrogen-bond donors (Lipinski definition) is 1. The molecule has 0 aromatic rings. The second-order valence-corrected chi connectivity index (χ2v) is 15.9. The minimum absolute atomic E-state index is 0.00998. The molecule has 57 heavy (non-hydrogen) atoms. The Bertz CT molecular complexity index is 1220. The van der Waals surface area contributed by atoms with Gasteiger partial charge in [-0.1, -0.05) is 144 Å². The van der Waals surface area contributed by atoms with Crippen molar-refractivity contribution in [2.45, 2.75) is 161 Å². The summed E-state index contributed by atoms with van der Waals surface area (Å²) in [5.41, 5.74) is 0.